The van der Waals surface area contributed by atoms with E-state index in [2.05, 4.69) is 20.8 Å². The Balaban J connectivity index is 1.70. The lowest BCUT2D eigenvalue weighted by molar-refractivity contribution is 0.412. The third-order valence-corrected chi connectivity index (χ3v) is 4.30. The minimum Gasteiger partial charge on any atom is -0.497 e. The van der Waals surface area contributed by atoms with Crippen molar-refractivity contribution in [3.8, 4) is 5.75 Å². The van der Waals surface area contributed by atoms with E-state index in [1.807, 2.05) is 30.3 Å². The second-order valence-electron chi connectivity index (χ2n) is 5.72. The highest BCUT2D eigenvalue weighted by molar-refractivity contribution is 5.39. The lowest BCUT2D eigenvalue weighted by atomic mass is 9.93. The molecule has 2 unspecified atom stereocenters. The standard InChI is InChI=1S/C17H16FN5O/c1-24-14-7-5-11(6-8-14)15-10-16(12-3-2-4-13(18)9-12)23-17(19-15)20-21-22-23/h2-9,15-16H,10H2,1H3,(H,19,20,22). The van der Waals surface area contributed by atoms with Crippen LogP contribution in [0.2, 0.25) is 0 Å². The van der Waals surface area contributed by atoms with Crippen molar-refractivity contribution in [1.29, 1.82) is 0 Å². The Hall–Kier alpha value is -2.96. The van der Waals surface area contributed by atoms with E-state index in [-0.39, 0.29) is 17.9 Å². The van der Waals surface area contributed by atoms with Crippen LogP contribution in [0, 0.1) is 5.82 Å². The van der Waals surface area contributed by atoms with Gasteiger partial charge in [0.05, 0.1) is 19.2 Å². The molecule has 1 aromatic heterocycles. The number of halogens is 1. The number of tetrazole rings is 1. The molecule has 0 aliphatic carbocycles. The zero-order chi connectivity index (χ0) is 16.5. The van der Waals surface area contributed by atoms with Gasteiger partial charge in [-0.05, 0) is 52.2 Å². The van der Waals surface area contributed by atoms with Gasteiger partial charge in [0.25, 0.3) is 0 Å². The summed E-state index contributed by atoms with van der Waals surface area (Å²) in [5.41, 5.74) is 1.95. The molecular weight excluding hydrogens is 309 g/mol. The van der Waals surface area contributed by atoms with Crippen molar-refractivity contribution in [2.45, 2.75) is 18.5 Å². The van der Waals surface area contributed by atoms with Gasteiger partial charge in [-0.15, -0.1) is 0 Å². The summed E-state index contributed by atoms with van der Waals surface area (Å²) in [6, 6.07) is 14.4. The topological polar surface area (TPSA) is 64.9 Å². The fourth-order valence-corrected chi connectivity index (χ4v) is 3.08. The van der Waals surface area contributed by atoms with Crippen LogP contribution < -0.4 is 10.1 Å². The lowest BCUT2D eigenvalue weighted by Gasteiger charge is -2.31. The van der Waals surface area contributed by atoms with Gasteiger partial charge >= 0.3 is 0 Å². The van der Waals surface area contributed by atoms with E-state index < -0.39 is 0 Å². The van der Waals surface area contributed by atoms with Gasteiger partial charge < -0.3 is 10.1 Å². The third kappa shape index (κ3) is 2.58. The molecule has 0 bridgehead atoms. The van der Waals surface area contributed by atoms with Crippen LogP contribution in [0.25, 0.3) is 0 Å². The highest BCUT2D eigenvalue weighted by Crippen LogP contribution is 2.37. The lowest BCUT2D eigenvalue weighted by Crippen LogP contribution is -2.28. The predicted octanol–water partition coefficient (Wildman–Crippen LogP) is 2.97. The summed E-state index contributed by atoms with van der Waals surface area (Å²) in [5, 5.41) is 15.2. The first-order valence-corrected chi connectivity index (χ1v) is 7.68. The summed E-state index contributed by atoms with van der Waals surface area (Å²) in [6.45, 7) is 0. The molecule has 0 spiro atoms. The first-order chi connectivity index (χ1) is 11.7. The number of hydrogen-bond donors (Lipinski definition) is 1. The monoisotopic (exact) mass is 325 g/mol. The number of aromatic nitrogens is 4. The van der Waals surface area contributed by atoms with Crippen LogP contribution in [-0.4, -0.2) is 27.3 Å². The molecule has 1 aliphatic heterocycles. The number of rotatable bonds is 3. The molecule has 0 saturated carbocycles. The predicted molar refractivity (Wildman–Crippen MR) is 86.3 cm³/mol. The van der Waals surface area contributed by atoms with Crippen LogP contribution >= 0.6 is 0 Å². The minimum atomic E-state index is -0.262. The van der Waals surface area contributed by atoms with Crippen molar-refractivity contribution in [2.24, 2.45) is 0 Å². The summed E-state index contributed by atoms with van der Waals surface area (Å²) in [6.07, 6.45) is 0.716. The molecule has 122 valence electrons. The SMILES string of the molecule is COc1ccc(C2CC(c3cccc(F)c3)n3nnnc3N2)cc1. The quantitative estimate of drug-likeness (QED) is 0.802. The van der Waals surface area contributed by atoms with Gasteiger partial charge in [0.15, 0.2) is 0 Å². The number of anilines is 1. The maximum Gasteiger partial charge on any atom is 0.243 e. The van der Waals surface area contributed by atoms with Gasteiger partial charge in [-0.3, -0.25) is 0 Å². The first kappa shape index (κ1) is 14.6. The van der Waals surface area contributed by atoms with Crippen LogP contribution in [0.5, 0.6) is 5.75 Å². The zero-order valence-electron chi connectivity index (χ0n) is 13.1. The summed E-state index contributed by atoms with van der Waals surface area (Å²) >= 11 is 0. The number of ether oxygens (including phenoxy) is 1. The van der Waals surface area contributed by atoms with Crippen molar-refractivity contribution < 1.29 is 9.13 Å². The molecule has 24 heavy (non-hydrogen) atoms. The summed E-state index contributed by atoms with van der Waals surface area (Å²) in [5.74, 6) is 1.12. The number of methoxy groups -OCH3 is 1. The molecule has 2 aromatic carbocycles. The molecule has 0 fully saturated rings. The number of benzene rings is 2. The van der Waals surface area contributed by atoms with Gasteiger partial charge in [-0.1, -0.05) is 29.4 Å². The Labute approximate surface area is 138 Å². The van der Waals surface area contributed by atoms with Crippen molar-refractivity contribution in [3.63, 3.8) is 0 Å². The highest BCUT2D eigenvalue weighted by Gasteiger charge is 2.30. The molecule has 0 amide bonds. The second kappa shape index (κ2) is 5.92. The van der Waals surface area contributed by atoms with Gasteiger partial charge in [0.1, 0.15) is 11.6 Å². The fraction of sp³-hybridized carbons (Fsp3) is 0.235. The Kier molecular flexibility index (Phi) is 3.60. The third-order valence-electron chi connectivity index (χ3n) is 4.30. The van der Waals surface area contributed by atoms with Crippen molar-refractivity contribution in [1.82, 2.24) is 20.2 Å². The Morgan fingerprint density at radius 1 is 1.17 bits per heavy atom. The Morgan fingerprint density at radius 3 is 2.75 bits per heavy atom. The van der Waals surface area contributed by atoms with E-state index in [4.69, 9.17) is 4.74 Å². The van der Waals surface area contributed by atoms with E-state index >= 15 is 0 Å². The molecular formula is C17H16FN5O. The molecule has 1 N–H and O–H groups in total. The molecule has 7 heteroatoms. The smallest absolute Gasteiger partial charge is 0.243 e. The largest absolute Gasteiger partial charge is 0.497 e. The van der Waals surface area contributed by atoms with Crippen LogP contribution in [0.15, 0.2) is 48.5 Å². The van der Waals surface area contributed by atoms with Gasteiger partial charge in [-0.2, -0.15) is 0 Å². The van der Waals surface area contributed by atoms with Gasteiger partial charge in [-0.25, -0.2) is 9.07 Å². The van der Waals surface area contributed by atoms with E-state index in [0.29, 0.717) is 12.4 Å². The van der Waals surface area contributed by atoms with E-state index in [1.54, 1.807) is 17.9 Å². The summed E-state index contributed by atoms with van der Waals surface area (Å²) in [7, 11) is 1.64. The number of hydrogen-bond acceptors (Lipinski definition) is 5. The van der Waals surface area contributed by atoms with Gasteiger partial charge in [0.2, 0.25) is 5.95 Å². The van der Waals surface area contributed by atoms with Crippen LogP contribution in [0.3, 0.4) is 0 Å². The first-order valence-electron chi connectivity index (χ1n) is 7.68. The van der Waals surface area contributed by atoms with E-state index in [1.165, 1.54) is 12.1 Å². The molecule has 2 heterocycles. The number of fused-ring (bicyclic) bond motifs is 1. The summed E-state index contributed by atoms with van der Waals surface area (Å²) in [4.78, 5) is 0. The Morgan fingerprint density at radius 2 is 2.00 bits per heavy atom. The minimum absolute atomic E-state index is 0.0303. The highest BCUT2D eigenvalue weighted by atomic mass is 19.1. The molecule has 0 radical (unpaired) electrons. The zero-order valence-corrected chi connectivity index (χ0v) is 13.1. The number of nitrogens with one attached hydrogen (secondary N) is 1. The van der Waals surface area contributed by atoms with Gasteiger partial charge in [0, 0.05) is 0 Å². The number of nitrogens with zero attached hydrogens (tertiary/aromatic N) is 4. The molecule has 6 nitrogen and oxygen atoms in total. The fourth-order valence-electron chi connectivity index (χ4n) is 3.08. The average Bonchev–Trinajstić information content (AvgIpc) is 3.09. The Bertz CT molecular complexity index is 848. The normalized spacial score (nSPS) is 19.4. The molecule has 0 saturated heterocycles. The van der Waals surface area contributed by atoms with Crippen LogP contribution in [0.4, 0.5) is 10.3 Å². The van der Waals surface area contributed by atoms with E-state index in [0.717, 1.165) is 16.9 Å². The van der Waals surface area contributed by atoms with E-state index in [9.17, 15) is 4.39 Å². The molecule has 2 atom stereocenters. The summed E-state index contributed by atoms with van der Waals surface area (Å²) < 4.78 is 20.5. The average molecular weight is 325 g/mol. The van der Waals surface area contributed by atoms with Crippen LogP contribution in [0.1, 0.15) is 29.6 Å². The molecule has 3 aromatic rings. The maximum atomic E-state index is 13.6. The van der Waals surface area contributed by atoms with Crippen LogP contribution in [-0.2, 0) is 0 Å². The molecule has 4 rings (SSSR count). The van der Waals surface area contributed by atoms with Crippen molar-refractivity contribution in [2.75, 3.05) is 12.4 Å². The van der Waals surface area contributed by atoms with Crippen molar-refractivity contribution in [3.05, 3.63) is 65.5 Å². The molecule has 1 aliphatic rings. The second-order valence-corrected chi connectivity index (χ2v) is 5.72. The maximum absolute atomic E-state index is 13.6. The van der Waals surface area contributed by atoms with Crippen molar-refractivity contribution >= 4 is 5.95 Å².